The number of piperidine rings is 1. The second kappa shape index (κ2) is 14.0. The van der Waals surface area contributed by atoms with Crippen LogP contribution in [0.2, 0.25) is 0 Å². The molecule has 11 nitrogen and oxygen atoms in total. The number of fused-ring (bicyclic) bond motifs is 1. The number of ether oxygens (including phenoxy) is 2. The van der Waals surface area contributed by atoms with Crippen LogP contribution in [-0.2, 0) is 16.1 Å². The van der Waals surface area contributed by atoms with Crippen molar-refractivity contribution in [2.45, 2.75) is 32.2 Å². The highest BCUT2D eigenvalue weighted by molar-refractivity contribution is 5.92. The number of nitrogens with one attached hydrogen (secondary N) is 3. The summed E-state index contributed by atoms with van der Waals surface area (Å²) in [4.78, 5) is 25.5. The number of benzene rings is 2. The first kappa shape index (κ1) is 31.0. The lowest BCUT2D eigenvalue weighted by Gasteiger charge is -2.24. The van der Waals surface area contributed by atoms with Crippen LogP contribution in [0.3, 0.4) is 0 Å². The molecule has 2 aromatic carbocycles. The van der Waals surface area contributed by atoms with Gasteiger partial charge in [-0.05, 0) is 44.0 Å². The average molecular weight is 629 g/mol. The summed E-state index contributed by atoms with van der Waals surface area (Å²) < 4.78 is 42.2. The lowest BCUT2D eigenvalue weighted by molar-refractivity contribution is -0.114. The molecule has 1 aliphatic heterocycles. The Morgan fingerprint density at radius 3 is 2.61 bits per heavy atom. The molecule has 6 rings (SSSR count). The molecule has 1 amide bonds. The molecule has 5 aromatic rings. The van der Waals surface area contributed by atoms with Gasteiger partial charge < -0.3 is 25.4 Å². The van der Waals surface area contributed by atoms with Gasteiger partial charge in [-0.15, -0.1) is 0 Å². The zero-order valence-electron chi connectivity index (χ0n) is 25.5. The van der Waals surface area contributed by atoms with Crippen molar-refractivity contribution in [2.75, 3.05) is 44.0 Å². The summed E-state index contributed by atoms with van der Waals surface area (Å²) >= 11 is 0. The molecule has 1 saturated heterocycles. The minimum Gasteiger partial charge on any atom is -0.491 e. The fourth-order valence-corrected chi connectivity index (χ4v) is 5.55. The molecular weight excluding hydrogens is 594 g/mol. The highest BCUT2D eigenvalue weighted by Gasteiger charge is 2.23. The van der Waals surface area contributed by atoms with E-state index in [1.807, 2.05) is 30.5 Å². The number of para-hydroxylation sites is 1. The van der Waals surface area contributed by atoms with Gasteiger partial charge in [0.15, 0.2) is 5.82 Å². The zero-order valence-corrected chi connectivity index (χ0v) is 25.5. The third-order valence-electron chi connectivity index (χ3n) is 7.77. The SMILES string of the molecule is COCCOc1cc(F)c(Cn2nc(-c3ncc(C4CCNCC4)c(Nc4ccnc(NC(C)=O)c4)n3)c3ccccc32)c(F)c1. The minimum absolute atomic E-state index is 0.0856. The highest BCUT2D eigenvalue weighted by atomic mass is 19.1. The normalized spacial score (nSPS) is 13.6. The Morgan fingerprint density at radius 1 is 1.07 bits per heavy atom. The predicted molar refractivity (Wildman–Crippen MR) is 170 cm³/mol. The fraction of sp³-hybridized carbons (Fsp3) is 0.303. The summed E-state index contributed by atoms with van der Waals surface area (Å²) in [6, 6.07) is 13.3. The number of carbonyl (C=O) groups excluding carboxylic acids is 1. The minimum atomic E-state index is -0.737. The number of rotatable bonds is 11. The van der Waals surface area contributed by atoms with Crippen LogP contribution >= 0.6 is 0 Å². The van der Waals surface area contributed by atoms with Gasteiger partial charge in [-0.25, -0.2) is 23.7 Å². The van der Waals surface area contributed by atoms with Gasteiger partial charge in [0.05, 0.1) is 18.7 Å². The molecule has 4 heterocycles. The topological polar surface area (TPSA) is 128 Å². The number of methoxy groups -OCH3 is 1. The van der Waals surface area contributed by atoms with Crippen molar-refractivity contribution in [3.8, 4) is 17.3 Å². The van der Waals surface area contributed by atoms with E-state index in [4.69, 9.17) is 24.5 Å². The monoisotopic (exact) mass is 628 g/mol. The Balaban J connectivity index is 1.37. The number of hydrogen-bond acceptors (Lipinski definition) is 9. The van der Waals surface area contributed by atoms with Crippen molar-refractivity contribution in [3.05, 3.63) is 83.7 Å². The first-order chi connectivity index (χ1) is 22.4. The molecule has 1 aliphatic rings. The first-order valence-corrected chi connectivity index (χ1v) is 15.0. The first-order valence-electron chi connectivity index (χ1n) is 15.0. The molecule has 0 saturated carbocycles. The number of aromatic nitrogens is 5. The van der Waals surface area contributed by atoms with E-state index in [0.717, 1.165) is 49.0 Å². The number of carbonyl (C=O) groups is 1. The Kier molecular flexibility index (Phi) is 9.41. The van der Waals surface area contributed by atoms with Gasteiger partial charge in [0.1, 0.15) is 41.3 Å². The van der Waals surface area contributed by atoms with Crippen LogP contribution in [0.5, 0.6) is 5.75 Å². The maximum atomic E-state index is 15.2. The lowest BCUT2D eigenvalue weighted by atomic mass is 9.91. The molecule has 3 N–H and O–H groups in total. The summed E-state index contributed by atoms with van der Waals surface area (Å²) in [6.07, 6.45) is 5.28. The quantitative estimate of drug-likeness (QED) is 0.165. The van der Waals surface area contributed by atoms with Crippen LogP contribution in [0.4, 0.5) is 26.1 Å². The molecular formula is C33H34F2N8O3. The number of nitrogens with zero attached hydrogens (tertiary/aromatic N) is 5. The number of pyridine rings is 1. The molecule has 1 fully saturated rings. The van der Waals surface area contributed by atoms with E-state index in [0.29, 0.717) is 41.0 Å². The Hall–Kier alpha value is -5.01. The Labute approximate surface area is 264 Å². The van der Waals surface area contributed by atoms with Crippen molar-refractivity contribution in [1.82, 2.24) is 30.0 Å². The van der Waals surface area contributed by atoms with E-state index < -0.39 is 11.6 Å². The van der Waals surface area contributed by atoms with E-state index in [1.54, 1.807) is 23.0 Å². The Morgan fingerprint density at radius 2 is 1.85 bits per heavy atom. The highest BCUT2D eigenvalue weighted by Crippen LogP contribution is 2.34. The van der Waals surface area contributed by atoms with Crippen molar-refractivity contribution >= 4 is 34.1 Å². The maximum Gasteiger partial charge on any atom is 0.222 e. The van der Waals surface area contributed by atoms with Gasteiger partial charge in [-0.1, -0.05) is 18.2 Å². The largest absolute Gasteiger partial charge is 0.491 e. The van der Waals surface area contributed by atoms with Crippen LogP contribution < -0.4 is 20.7 Å². The second-order valence-corrected chi connectivity index (χ2v) is 11.0. The van der Waals surface area contributed by atoms with E-state index in [9.17, 15) is 4.79 Å². The van der Waals surface area contributed by atoms with Gasteiger partial charge in [0, 0.05) is 66.8 Å². The van der Waals surface area contributed by atoms with Gasteiger partial charge >= 0.3 is 0 Å². The summed E-state index contributed by atoms with van der Waals surface area (Å²) in [5, 5.41) is 15.0. The molecule has 0 bridgehead atoms. The van der Waals surface area contributed by atoms with E-state index >= 15 is 8.78 Å². The fourth-order valence-electron chi connectivity index (χ4n) is 5.55. The molecule has 13 heteroatoms. The van der Waals surface area contributed by atoms with Crippen LogP contribution in [0.15, 0.2) is 60.9 Å². The molecule has 0 radical (unpaired) electrons. The van der Waals surface area contributed by atoms with Crippen LogP contribution in [0.25, 0.3) is 22.4 Å². The molecule has 238 valence electrons. The molecule has 0 spiro atoms. The van der Waals surface area contributed by atoms with Crippen molar-refractivity contribution in [2.24, 2.45) is 0 Å². The zero-order chi connectivity index (χ0) is 32.0. The molecule has 3 aromatic heterocycles. The lowest BCUT2D eigenvalue weighted by Crippen LogP contribution is -2.27. The standard InChI is InChI=1S/C33H34F2N8O3/c1-20(44)39-30-15-22(9-12-37-30)40-32-25(21-7-10-36-11-8-21)18-38-33(41-32)31-24-5-3-4-6-29(24)43(42-31)19-26-27(34)16-23(17-28(26)35)46-14-13-45-2/h3-6,9,12,15-18,21,36H,7-8,10-11,13-14,19H2,1-2H3,(H2,37,38,39,40,41,44). The van der Waals surface area contributed by atoms with Crippen molar-refractivity contribution < 1.29 is 23.0 Å². The van der Waals surface area contributed by atoms with E-state index in [1.165, 1.54) is 14.0 Å². The number of amides is 1. The third kappa shape index (κ3) is 6.95. The second-order valence-electron chi connectivity index (χ2n) is 11.0. The summed E-state index contributed by atoms with van der Waals surface area (Å²) in [5.74, 6) is -0.00603. The number of anilines is 3. The number of hydrogen-bond donors (Lipinski definition) is 3. The molecule has 0 unspecified atom stereocenters. The van der Waals surface area contributed by atoms with Gasteiger partial charge in [0.2, 0.25) is 5.91 Å². The van der Waals surface area contributed by atoms with Gasteiger partial charge in [-0.2, -0.15) is 5.10 Å². The van der Waals surface area contributed by atoms with E-state index in [2.05, 4.69) is 20.9 Å². The third-order valence-corrected chi connectivity index (χ3v) is 7.77. The summed E-state index contributed by atoms with van der Waals surface area (Å²) in [5.41, 5.74) is 2.66. The van der Waals surface area contributed by atoms with Crippen LogP contribution in [0, 0.1) is 11.6 Å². The number of halogens is 2. The maximum absolute atomic E-state index is 15.2. The molecule has 0 aliphatic carbocycles. The van der Waals surface area contributed by atoms with E-state index in [-0.39, 0.29) is 36.3 Å². The van der Waals surface area contributed by atoms with Crippen LogP contribution in [0.1, 0.15) is 36.8 Å². The summed E-state index contributed by atoms with van der Waals surface area (Å²) in [7, 11) is 1.52. The predicted octanol–water partition coefficient (Wildman–Crippen LogP) is 5.41. The summed E-state index contributed by atoms with van der Waals surface area (Å²) in [6.45, 7) is 3.51. The van der Waals surface area contributed by atoms with Gasteiger partial charge in [-0.3, -0.25) is 9.48 Å². The molecule has 46 heavy (non-hydrogen) atoms. The van der Waals surface area contributed by atoms with Crippen molar-refractivity contribution in [1.29, 1.82) is 0 Å². The Bertz CT molecular complexity index is 1840. The van der Waals surface area contributed by atoms with Crippen LogP contribution in [-0.4, -0.2) is 64.1 Å². The van der Waals surface area contributed by atoms with Crippen molar-refractivity contribution in [3.63, 3.8) is 0 Å². The average Bonchev–Trinajstić information content (AvgIpc) is 3.41. The smallest absolute Gasteiger partial charge is 0.222 e. The van der Waals surface area contributed by atoms with Gasteiger partial charge in [0.25, 0.3) is 0 Å². The molecule has 0 atom stereocenters.